The summed E-state index contributed by atoms with van der Waals surface area (Å²) in [5, 5.41) is 14.0. The molecule has 102 valence electrons. The minimum atomic E-state index is 0.0922. The van der Waals surface area contributed by atoms with Gasteiger partial charge >= 0.3 is 0 Å². The minimum absolute atomic E-state index is 0.0922. The van der Waals surface area contributed by atoms with Crippen LogP contribution in [0.1, 0.15) is 22.4 Å². The normalized spacial score (nSPS) is 12.5. The van der Waals surface area contributed by atoms with Crippen LogP contribution in [-0.2, 0) is 19.4 Å². The Kier molecular flexibility index (Phi) is 5.51. The van der Waals surface area contributed by atoms with E-state index in [1.165, 1.54) is 15.4 Å². The van der Waals surface area contributed by atoms with Gasteiger partial charge in [-0.25, -0.2) is 4.98 Å². The van der Waals surface area contributed by atoms with E-state index in [1.807, 2.05) is 24.4 Å². The van der Waals surface area contributed by atoms with Crippen LogP contribution in [-0.4, -0.2) is 22.7 Å². The largest absolute Gasteiger partial charge is 0.395 e. The lowest BCUT2D eigenvalue weighted by atomic mass is 10.1. The van der Waals surface area contributed by atoms with Crippen molar-refractivity contribution in [3.63, 3.8) is 0 Å². The summed E-state index contributed by atoms with van der Waals surface area (Å²) in [6, 6.07) is 10.3. The average molecular weight is 276 g/mol. The van der Waals surface area contributed by atoms with E-state index in [0.29, 0.717) is 0 Å². The fourth-order valence-corrected chi connectivity index (χ4v) is 2.75. The van der Waals surface area contributed by atoms with Gasteiger partial charge in [-0.3, -0.25) is 0 Å². The quantitative estimate of drug-likeness (QED) is 0.816. The second-order valence-corrected chi connectivity index (χ2v) is 5.72. The van der Waals surface area contributed by atoms with Crippen molar-refractivity contribution < 1.29 is 5.11 Å². The highest BCUT2D eigenvalue weighted by molar-refractivity contribution is 7.11. The maximum atomic E-state index is 9.44. The molecule has 1 aromatic heterocycles. The number of hydrogen-bond acceptors (Lipinski definition) is 4. The summed E-state index contributed by atoms with van der Waals surface area (Å²) >= 11 is 1.74. The molecule has 1 heterocycles. The fraction of sp³-hybridized carbons (Fsp3) is 0.400. The number of aliphatic hydroxyl groups is 1. The van der Waals surface area contributed by atoms with E-state index in [0.717, 1.165) is 19.4 Å². The molecule has 1 unspecified atom stereocenters. The molecule has 4 heteroatoms. The number of nitrogens with zero attached hydrogens (tertiary/aromatic N) is 1. The number of benzene rings is 1. The number of aromatic nitrogens is 1. The van der Waals surface area contributed by atoms with Gasteiger partial charge in [0.25, 0.3) is 0 Å². The number of aryl methyl sites for hydroxylation is 1. The number of rotatable bonds is 7. The first-order valence-corrected chi connectivity index (χ1v) is 7.45. The molecule has 2 rings (SSSR count). The SMILES string of the molecule is CCc1ncc(CNC(CO)Cc2ccccc2)s1. The van der Waals surface area contributed by atoms with Crippen LogP contribution >= 0.6 is 11.3 Å². The molecular weight excluding hydrogens is 256 g/mol. The standard InChI is InChI=1S/C15H20N2OS/c1-2-15-17-10-14(19-15)9-16-13(11-18)8-12-6-4-3-5-7-12/h3-7,10,13,16,18H,2,8-9,11H2,1H3. The van der Waals surface area contributed by atoms with Crippen molar-refractivity contribution in [1.29, 1.82) is 0 Å². The van der Waals surface area contributed by atoms with Gasteiger partial charge in [-0.2, -0.15) is 0 Å². The van der Waals surface area contributed by atoms with Crippen LogP contribution in [0, 0.1) is 0 Å². The molecule has 0 spiro atoms. The molecule has 0 fully saturated rings. The molecule has 3 nitrogen and oxygen atoms in total. The van der Waals surface area contributed by atoms with Gasteiger partial charge in [0, 0.05) is 23.7 Å². The van der Waals surface area contributed by atoms with Gasteiger partial charge < -0.3 is 10.4 Å². The summed E-state index contributed by atoms with van der Waals surface area (Å²) < 4.78 is 0. The van der Waals surface area contributed by atoms with Gasteiger partial charge in [0.2, 0.25) is 0 Å². The number of hydrogen-bond donors (Lipinski definition) is 2. The average Bonchev–Trinajstić information content (AvgIpc) is 2.92. The van der Waals surface area contributed by atoms with Crippen molar-refractivity contribution >= 4 is 11.3 Å². The maximum absolute atomic E-state index is 9.44. The van der Waals surface area contributed by atoms with Gasteiger partial charge in [0.15, 0.2) is 0 Å². The van der Waals surface area contributed by atoms with Gasteiger partial charge in [0.05, 0.1) is 11.6 Å². The van der Waals surface area contributed by atoms with Crippen molar-refractivity contribution in [2.24, 2.45) is 0 Å². The molecule has 0 saturated carbocycles. The zero-order chi connectivity index (χ0) is 13.5. The summed E-state index contributed by atoms with van der Waals surface area (Å²) in [4.78, 5) is 5.56. The van der Waals surface area contributed by atoms with Gasteiger partial charge in [-0.1, -0.05) is 37.3 Å². The summed E-state index contributed by atoms with van der Waals surface area (Å²) in [6.45, 7) is 3.03. The second-order valence-electron chi connectivity index (χ2n) is 4.52. The van der Waals surface area contributed by atoms with E-state index in [-0.39, 0.29) is 12.6 Å². The molecule has 2 N–H and O–H groups in total. The van der Waals surface area contributed by atoms with Gasteiger partial charge in [-0.05, 0) is 18.4 Å². The molecule has 0 amide bonds. The van der Waals surface area contributed by atoms with Crippen LogP contribution in [0.25, 0.3) is 0 Å². The third kappa shape index (κ3) is 4.42. The Morgan fingerprint density at radius 2 is 2.11 bits per heavy atom. The molecule has 0 aliphatic rings. The molecule has 19 heavy (non-hydrogen) atoms. The monoisotopic (exact) mass is 276 g/mol. The van der Waals surface area contributed by atoms with Crippen LogP contribution in [0.5, 0.6) is 0 Å². The number of aliphatic hydroxyl groups excluding tert-OH is 1. The lowest BCUT2D eigenvalue weighted by molar-refractivity contribution is 0.241. The number of nitrogens with one attached hydrogen (secondary N) is 1. The van der Waals surface area contributed by atoms with Gasteiger partial charge in [-0.15, -0.1) is 11.3 Å². The van der Waals surface area contributed by atoms with Crippen LogP contribution in [0.4, 0.5) is 0 Å². The smallest absolute Gasteiger partial charge is 0.0925 e. The highest BCUT2D eigenvalue weighted by atomic mass is 32.1. The first-order valence-electron chi connectivity index (χ1n) is 6.63. The van der Waals surface area contributed by atoms with Crippen molar-refractivity contribution in [3.05, 3.63) is 52.0 Å². The zero-order valence-corrected chi connectivity index (χ0v) is 12.0. The topological polar surface area (TPSA) is 45.2 Å². The Bertz CT molecular complexity index is 484. The summed E-state index contributed by atoms with van der Waals surface area (Å²) in [6.07, 6.45) is 3.75. The molecule has 0 aliphatic carbocycles. The predicted molar refractivity (Wildman–Crippen MR) is 79.4 cm³/mol. The Morgan fingerprint density at radius 3 is 2.74 bits per heavy atom. The minimum Gasteiger partial charge on any atom is -0.395 e. The van der Waals surface area contributed by atoms with Crippen LogP contribution in [0.15, 0.2) is 36.5 Å². The first-order chi connectivity index (χ1) is 9.31. The van der Waals surface area contributed by atoms with E-state index in [9.17, 15) is 5.11 Å². The maximum Gasteiger partial charge on any atom is 0.0925 e. The van der Waals surface area contributed by atoms with Crippen molar-refractivity contribution in [1.82, 2.24) is 10.3 Å². The first kappa shape index (κ1) is 14.2. The summed E-state index contributed by atoms with van der Waals surface area (Å²) in [5.41, 5.74) is 1.24. The van der Waals surface area contributed by atoms with Crippen LogP contribution < -0.4 is 5.32 Å². The third-order valence-electron chi connectivity index (χ3n) is 3.01. The summed E-state index contributed by atoms with van der Waals surface area (Å²) in [5.74, 6) is 0. The molecule has 0 radical (unpaired) electrons. The van der Waals surface area contributed by atoms with E-state index >= 15 is 0 Å². The fourth-order valence-electron chi connectivity index (χ4n) is 1.94. The second kappa shape index (κ2) is 7.38. The molecule has 0 bridgehead atoms. The van der Waals surface area contributed by atoms with E-state index in [1.54, 1.807) is 11.3 Å². The van der Waals surface area contributed by atoms with Crippen LogP contribution in [0.2, 0.25) is 0 Å². The lowest BCUT2D eigenvalue weighted by Crippen LogP contribution is -2.33. The molecule has 1 atom stereocenters. The zero-order valence-electron chi connectivity index (χ0n) is 11.2. The Balaban J connectivity index is 1.85. The molecule has 2 aromatic rings. The van der Waals surface area contributed by atoms with Crippen molar-refractivity contribution in [2.45, 2.75) is 32.4 Å². The predicted octanol–water partition coefficient (Wildman–Crippen LogP) is 2.40. The number of thiazole rings is 1. The Labute approximate surface area is 118 Å². The highest BCUT2D eigenvalue weighted by Gasteiger charge is 2.09. The van der Waals surface area contributed by atoms with Crippen molar-refractivity contribution in [3.8, 4) is 0 Å². The molecule has 1 aromatic carbocycles. The molecular formula is C15H20N2OS. The molecule has 0 saturated heterocycles. The highest BCUT2D eigenvalue weighted by Crippen LogP contribution is 2.13. The van der Waals surface area contributed by atoms with E-state index in [4.69, 9.17) is 0 Å². The Hall–Kier alpha value is -1.23. The third-order valence-corrected chi connectivity index (χ3v) is 4.16. The van der Waals surface area contributed by atoms with Crippen LogP contribution in [0.3, 0.4) is 0 Å². The lowest BCUT2D eigenvalue weighted by Gasteiger charge is -2.15. The van der Waals surface area contributed by atoms with E-state index < -0.39 is 0 Å². The van der Waals surface area contributed by atoms with E-state index in [2.05, 4.69) is 29.4 Å². The van der Waals surface area contributed by atoms with Gasteiger partial charge in [0.1, 0.15) is 0 Å². The van der Waals surface area contributed by atoms with Crippen molar-refractivity contribution in [2.75, 3.05) is 6.61 Å². The Morgan fingerprint density at radius 1 is 1.32 bits per heavy atom. The summed E-state index contributed by atoms with van der Waals surface area (Å²) in [7, 11) is 0. The molecule has 0 aliphatic heterocycles.